The lowest BCUT2D eigenvalue weighted by Crippen LogP contribution is -2.37. The summed E-state index contributed by atoms with van der Waals surface area (Å²) in [4.78, 5) is 43.1. The van der Waals surface area contributed by atoms with Crippen LogP contribution in [-0.4, -0.2) is 79.1 Å². The molecule has 2 amide bonds. The molecule has 4 atom stereocenters. The van der Waals surface area contributed by atoms with E-state index in [4.69, 9.17) is 9.47 Å². The second-order valence-corrected chi connectivity index (χ2v) is 12.4. The van der Waals surface area contributed by atoms with E-state index in [0.29, 0.717) is 36.2 Å². The van der Waals surface area contributed by atoms with Gasteiger partial charge in [0.25, 0.3) is 5.91 Å². The lowest BCUT2D eigenvalue weighted by Gasteiger charge is -2.25. The number of likely N-dealkylation sites (tertiary alicyclic amines) is 2. The summed E-state index contributed by atoms with van der Waals surface area (Å²) in [6.07, 6.45) is 1.62. The average Bonchev–Trinajstić information content (AvgIpc) is 3.68. The van der Waals surface area contributed by atoms with Crippen LogP contribution in [0.5, 0.6) is 0 Å². The van der Waals surface area contributed by atoms with E-state index in [1.165, 1.54) is 0 Å². The smallest absolute Gasteiger partial charge is 0.338 e. The zero-order chi connectivity index (χ0) is 28.3. The van der Waals surface area contributed by atoms with Gasteiger partial charge in [-0.05, 0) is 69.2 Å². The van der Waals surface area contributed by atoms with Crippen LogP contribution in [0.4, 0.5) is 0 Å². The predicted octanol–water partition coefficient (Wildman–Crippen LogP) is 3.93. The maximum absolute atomic E-state index is 13.3. The van der Waals surface area contributed by atoms with Crippen molar-refractivity contribution in [3.8, 4) is 0 Å². The van der Waals surface area contributed by atoms with Gasteiger partial charge in [-0.25, -0.2) is 4.79 Å². The molecule has 0 bridgehead atoms. The zero-order valence-corrected chi connectivity index (χ0v) is 23.8. The molecule has 0 aromatic heterocycles. The van der Waals surface area contributed by atoms with Gasteiger partial charge in [-0.2, -0.15) is 0 Å². The Hall–Kier alpha value is -3.23. The maximum Gasteiger partial charge on any atom is 0.338 e. The molecule has 5 rings (SSSR count). The third kappa shape index (κ3) is 6.91. The molecule has 8 nitrogen and oxygen atoms in total. The Balaban J connectivity index is 1.14. The fraction of sp³-hybridized carbons (Fsp3) is 0.531. The standard InChI is InChI=1S/C32H41N3O5/c1-32(2,3)40-31(38)24-11-7-10-23(16-24)30(37)35-19-26-17-34(18-27(26)20-35)14-12-28(22-8-5-4-6-9-22)33-29(36)25-13-15-39-21-25/h4-11,16,25-28H,12-15,17-21H2,1-3H3,(H,33,36)/t25?,26?,27?,28-/m0/s1. The quantitative estimate of drug-likeness (QED) is 0.504. The molecule has 3 heterocycles. The number of nitrogens with zero attached hydrogens (tertiary/aromatic N) is 2. The molecule has 3 aliphatic heterocycles. The molecule has 3 fully saturated rings. The Bertz CT molecular complexity index is 1190. The number of amides is 2. The largest absolute Gasteiger partial charge is 0.456 e. The third-order valence-corrected chi connectivity index (χ3v) is 8.15. The highest BCUT2D eigenvalue weighted by molar-refractivity contribution is 5.98. The number of fused-ring (bicyclic) bond motifs is 1. The lowest BCUT2D eigenvalue weighted by atomic mass is 10.0. The van der Waals surface area contributed by atoms with Gasteiger partial charge in [-0.1, -0.05) is 36.4 Å². The summed E-state index contributed by atoms with van der Waals surface area (Å²) in [5.74, 6) is 0.420. The Morgan fingerprint density at radius 3 is 2.33 bits per heavy atom. The molecular formula is C32H41N3O5. The second-order valence-electron chi connectivity index (χ2n) is 12.4. The number of carbonyl (C=O) groups excluding carboxylic acids is 3. The van der Waals surface area contributed by atoms with E-state index in [1.54, 1.807) is 24.3 Å². The van der Waals surface area contributed by atoms with Crippen LogP contribution in [0.2, 0.25) is 0 Å². The van der Waals surface area contributed by atoms with Gasteiger partial charge in [0.1, 0.15) is 5.60 Å². The first kappa shape index (κ1) is 28.3. The fourth-order valence-corrected chi connectivity index (χ4v) is 6.09. The zero-order valence-electron chi connectivity index (χ0n) is 23.8. The summed E-state index contributed by atoms with van der Waals surface area (Å²) in [6, 6.07) is 17.0. The minimum atomic E-state index is -0.590. The first-order chi connectivity index (χ1) is 19.2. The van der Waals surface area contributed by atoms with E-state index in [-0.39, 0.29) is 23.8 Å². The molecule has 0 saturated carbocycles. The number of nitrogens with one attached hydrogen (secondary N) is 1. The van der Waals surface area contributed by atoms with Crippen LogP contribution in [0.25, 0.3) is 0 Å². The number of carbonyl (C=O) groups is 3. The number of rotatable bonds is 8. The average molecular weight is 548 g/mol. The number of ether oxygens (including phenoxy) is 2. The molecule has 1 N–H and O–H groups in total. The van der Waals surface area contributed by atoms with Crippen molar-refractivity contribution in [3.63, 3.8) is 0 Å². The van der Waals surface area contributed by atoms with Crippen LogP contribution < -0.4 is 5.32 Å². The third-order valence-electron chi connectivity index (χ3n) is 8.15. The number of esters is 1. The molecule has 0 radical (unpaired) electrons. The molecule has 0 aliphatic carbocycles. The van der Waals surface area contributed by atoms with Crippen LogP contribution in [0.3, 0.4) is 0 Å². The van der Waals surface area contributed by atoms with Gasteiger partial charge in [0, 0.05) is 44.9 Å². The first-order valence-electron chi connectivity index (χ1n) is 14.4. The summed E-state index contributed by atoms with van der Waals surface area (Å²) in [5, 5.41) is 3.28. The second kappa shape index (κ2) is 12.1. The minimum absolute atomic E-state index is 0.0332. The van der Waals surface area contributed by atoms with Crippen molar-refractivity contribution < 1.29 is 23.9 Å². The number of hydrogen-bond donors (Lipinski definition) is 1. The Morgan fingerprint density at radius 2 is 1.68 bits per heavy atom. The summed E-state index contributed by atoms with van der Waals surface area (Å²) >= 11 is 0. The maximum atomic E-state index is 13.3. The molecule has 2 aromatic rings. The summed E-state index contributed by atoms with van der Waals surface area (Å²) in [6.45, 7) is 10.9. The number of hydrogen-bond acceptors (Lipinski definition) is 6. The van der Waals surface area contributed by atoms with Gasteiger partial charge in [0.05, 0.1) is 24.1 Å². The van der Waals surface area contributed by atoms with Gasteiger partial charge in [0.2, 0.25) is 5.91 Å². The summed E-state index contributed by atoms with van der Waals surface area (Å²) in [7, 11) is 0. The molecule has 3 aliphatic rings. The van der Waals surface area contributed by atoms with Crippen molar-refractivity contribution in [2.45, 2.75) is 45.3 Å². The van der Waals surface area contributed by atoms with Crippen molar-refractivity contribution >= 4 is 17.8 Å². The van der Waals surface area contributed by atoms with Gasteiger partial charge >= 0.3 is 5.97 Å². The van der Waals surface area contributed by atoms with Gasteiger partial charge in [-0.15, -0.1) is 0 Å². The van der Waals surface area contributed by atoms with Crippen molar-refractivity contribution in [1.82, 2.24) is 15.1 Å². The molecule has 8 heteroatoms. The van der Waals surface area contributed by atoms with Crippen LogP contribution in [0.15, 0.2) is 54.6 Å². The van der Waals surface area contributed by atoms with E-state index in [2.05, 4.69) is 22.3 Å². The highest BCUT2D eigenvalue weighted by atomic mass is 16.6. The lowest BCUT2D eigenvalue weighted by molar-refractivity contribution is -0.125. The Morgan fingerprint density at radius 1 is 0.975 bits per heavy atom. The van der Waals surface area contributed by atoms with Crippen LogP contribution >= 0.6 is 0 Å². The van der Waals surface area contributed by atoms with Crippen LogP contribution in [0, 0.1) is 17.8 Å². The Labute approximate surface area is 237 Å². The minimum Gasteiger partial charge on any atom is -0.456 e. The molecule has 0 spiro atoms. The van der Waals surface area contributed by atoms with Crippen molar-refractivity contribution in [2.75, 3.05) is 45.9 Å². The summed E-state index contributed by atoms with van der Waals surface area (Å²) < 4.78 is 10.9. The fourth-order valence-electron chi connectivity index (χ4n) is 6.09. The van der Waals surface area contributed by atoms with Gasteiger partial charge < -0.3 is 24.6 Å². The van der Waals surface area contributed by atoms with E-state index < -0.39 is 11.6 Å². The number of benzene rings is 2. The first-order valence-corrected chi connectivity index (χ1v) is 14.4. The van der Waals surface area contributed by atoms with Crippen molar-refractivity contribution in [3.05, 3.63) is 71.3 Å². The molecule has 40 heavy (non-hydrogen) atoms. The van der Waals surface area contributed by atoms with E-state index >= 15 is 0 Å². The van der Waals surface area contributed by atoms with E-state index in [1.807, 2.05) is 43.9 Å². The van der Waals surface area contributed by atoms with Gasteiger partial charge in [-0.3, -0.25) is 9.59 Å². The molecule has 214 valence electrons. The molecule has 3 saturated heterocycles. The van der Waals surface area contributed by atoms with E-state index in [9.17, 15) is 14.4 Å². The van der Waals surface area contributed by atoms with E-state index in [0.717, 1.165) is 51.1 Å². The summed E-state index contributed by atoms with van der Waals surface area (Å²) in [5.41, 5.74) is 1.45. The topological polar surface area (TPSA) is 88.2 Å². The van der Waals surface area contributed by atoms with Crippen LogP contribution in [-0.2, 0) is 14.3 Å². The highest BCUT2D eigenvalue weighted by Crippen LogP contribution is 2.33. The Kier molecular flexibility index (Phi) is 8.57. The van der Waals surface area contributed by atoms with Crippen molar-refractivity contribution in [2.24, 2.45) is 17.8 Å². The van der Waals surface area contributed by atoms with Crippen LogP contribution in [0.1, 0.15) is 65.9 Å². The SMILES string of the molecule is CC(C)(C)OC(=O)c1cccc(C(=O)N2CC3CN(CC[C@H](NC(=O)C4CCOC4)c4ccccc4)CC3C2)c1. The van der Waals surface area contributed by atoms with Crippen molar-refractivity contribution in [1.29, 1.82) is 0 Å². The highest BCUT2D eigenvalue weighted by Gasteiger charge is 2.41. The molecule has 3 unspecified atom stereocenters. The predicted molar refractivity (Wildman–Crippen MR) is 152 cm³/mol. The monoisotopic (exact) mass is 547 g/mol. The normalized spacial score (nSPS) is 23.6. The molecule has 2 aromatic carbocycles. The molecular weight excluding hydrogens is 506 g/mol. The van der Waals surface area contributed by atoms with Gasteiger partial charge in [0.15, 0.2) is 0 Å².